The number of nitrogens with zero attached hydrogens (tertiary/aromatic N) is 5. The Labute approximate surface area is 131 Å². The normalized spacial score (nSPS) is 28.4. The topological polar surface area (TPSA) is 52.6 Å². The van der Waals surface area contributed by atoms with Crippen molar-refractivity contribution in [3.05, 3.63) is 12.4 Å². The molecule has 6 heteroatoms. The summed E-state index contributed by atoms with van der Waals surface area (Å²) in [5.41, 5.74) is 0. The van der Waals surface area contributed by atoms with Gasteiger partial charge in [-0.2, -0.15) is 0 Å². The minimum Gasteiger partial charge on any atom is -0.356 e. The fourth-order valence-electron chi connectivity index (χ4n) is 4.06. The molecule has 0 bridgehead atoms. The minimum atomic E-state index is 0.155. The lowest BCUT2D eigenvalue weighted by Crippen LogP contribution is -2.48. The van der Waals surface area contributed by atoms with E-state index in [0.717, 1.165) is 49.7 Å². The number of hydrogen-bond donors (Lipinski definition) is 0. The van der Waals surface area contributed by atoms with Crippen LogP contribution in [0.4, 0.5) is 11.6 Å². The Kier molecular flexibility index (Phi) is 3.39. The van der Waals surface area contributed by atoms with E-state index in [4.69, 9.17) is 0 Å². The van der Waals surface area contributed by atoms with Crippen LogP contribution in [0.25, 0.3) is 0 Å². The number of amides is 1. The highest BCUT2D eigenvalue weighted by Gasteiger charge is 2.36. The fourth-order valence-corrected chi connectivity index (χ4v) is 4.06. The molecule has 0 radical (unpaired) electrons. The molecule has 6 nitrogen and oxygen atoms in total. The van der Waals surface area contributed by atoms with Gasteiger partial charge in [0, 0.05) is 39.3 Å². The molecule has 22 heavy (non-hydrogen) atoms. The summed E-state index contributed by atoms with van der Waals surface area (Å²) >= 11 is 0. The van der Waals surface area contributed by atoms with Gasteiger partial charge in [-0.3, -0.25) is 4.79 Å². The molecule has 3 fully saturated rings. The zero-order chi connectivity index (χ0) is 15.1. The van der Waals surface area contributed by atoms with Crippen LogP contribution < -0.4 is 9.80 Å². The van der Waals surface area contributed by atoms with E-state index in [1.54, 1.807) is 11.2 Å². The van der Waals surface area contributed by atoms with Crippen LogP contribution in [-0.2, 0) is 4.79 Å². The first kappa shape index (κ1) is 13.8. The summed E-state index contributed by atoms with van der Waals surface area (Å²) < 4.78 is 0. The van der Waals surface area contributed by atoms with E-state index < -0.39 is 0 Å². The molecule has 0 spiro atoms. The van der Waals surface area contributed by atoms with Gasteiger partial charge in [0.1, 0.15) is 18.0 Å². The maximum atomic E-state index is 11.9. The number of likely N-dealkylation sites (N-methyl/N-ethyl adjacent to an activating group) is 1. The highest BCUT2D eigenvalue weighted by atomic mass is 16.2. The summed E-state index contributed by atoms with van der Waals surface area (Å²) in [4.78, 5) is 27.0. The fraction of sp³-hybridized carbons (Fsp3) is 0.688. The number of rotatable bonds is 2. The second-order valence-electron chi connectivity index (χ2n) is 6.83. The van der Waals surface area contributed by atoms with Crippen molar-refractivity contribution in [1.82, 2.24) is 14.9 Å². The summed E-state index contributed by atoms with van der Waals surface area (Å²) in [5, 5.41) is 0. The van der Waals surface area contributed by atoms with Crippen LogP contribution in [0, 0.1) is 11.8 Å². The van der Waals surface area contributed by atoms with Crippen LogP contribution in [0.5, 0.6) is 0 Å². The highest BCUT2D eigenvalue weighted by molar-refractivity contribution is 5.82. The predicted octanol–water partition coefficient (Wildman–Crippen LogP) is 0.991. The number of aromatic nitrogens is 2. The number of carbonyl (C=O) groups is 1. The number of fused-ring (bicyclic) bond motifs is 1. The molecule has 3 heterocycles. The molecule has 2 aliphatic heterocycles. The van der Waals surface area contributed by atoms with Crippen molar-refractivity contribution >= 4 is 17.5 Å². The standard InChI is InChI=1S/C16H23N5O/c1-19-5-6-20(10-16(19)22)14-7-15(18-11-17-14)21-8-12-3-2-4-13(12)9-21/h7,11-13H,2-6,8-10H2,1H3. The quantitative estimate of drug-likeness (QED) is 0.815. The van der Waals surface area contributed by atoms with E-state index in [9.17, 15) is 4.79 Å². The molecular formula is C16H23N5O. The van der Waals surface area contributed by atoms with Gasteiger partial charge in [0.15, 0.2) is 0 Å². The molecule has 2 unspecified atom stereocenters. The highest BCUT2D eigenvalue weighted by Crippen LogP contribution is 2.39. The SMILES string of the molecule is CN1CCN(c2cc(N3CC4CCCC4C3)ncn2)CC1=O. The van der Waals surface area contributed by atoms with Gasteiger partial charge in [0.25, 0.3) is 0 Å². The third-order valence-corrected chi connectivity index (χ3v) is 5.47. The summed E-state index contributed by atoms with van der Waals surface area (Å²) in [5.74, 6) is 3.75. The average Bonchev–Trinajstić information content (AvgIpc) is 3.11. The van der Waals surface area contributed by atoms with Crippen molar-refractivity contribution in [3.8, 4) is 0 Å². The Morgan fingerprint density at radius 2 is 1.73 bits per heavy atom. The zero-order valence-corrected chi connectivity index (χ0v) is 13.1. The van der Waals surface area contributed by atoms with Crippen molar-refractivity contribution in [3.63, 3.8) is 0 Å². The van der Waals surface area contributed by atoms with Gasteiger partial charge in [-0.25, -0.2) is 9.97 Å². The number of piperazine rings is 1. The third kappa shape index (κ3) is 2.40. The second-order valence-corrected chi connectivity index (χ2v) is 6.83. The van der Waals surface area contributed by atoms with E-state index in [1.165, 1.54) is 19.3 Å². The monoisotopic (exact) mass is 301 g/mol. The van der Waals surface area contributed by atoms with Gasteiger partial charge in [-0.1, -0.05) is 6.42 Å². The van der Waals surface area contributed by atoms with Crippen LogP contribution in [0.1, 0.15) is 19.3 Å². The minimum absolute atomic E-state index is 0.155. The summed E-state index contributed by atoms with van der Waals surface area (Å²) in [7, 11) is 1.86. The van der Waals surface area contributed by atoms with Crippen LogP contribution >= 0.6 is 0 Å². The maximum Gasteiger partial charge on any atom is 0.241 e. The first-order valence-corrected chi connectivity index (χ1v) is 8.26. The van der Waals surface area contributed by atoms with Crippen LogP contribution in [0.3, 0.4) is 0 Å². The summed E-state index contributed by atoms with van der Waals surface area (Å²) in [6, 6.07) is 2.06. The van der Waals surface area contributed by atoms with Crippen molar-refractivity contribution in [2.45, 2.75) is 19.3 Å². The molecule has 3 aliphatic rings. The zero-order valence-electron chi connectivity index (χ0n) is 13.1. The summed E-state index contributed by atoms with van der Waals surface area (Å²) in [6.45, 7) is 4.26. The second kappa shape index (κ2) is 5.41. The van der Waals surface area contributed by atoms with Crippen molar-refractivity contribution < 1.29 is 4.79 Å². The van der Waals surface area contributed by atoms with Gasteiger partial charge < -0.3 is 14.7 Å². The third-order valence-electron chi connectivity index (χ3n) is 5.47. The van der Waals surface area contributed by atoms with E-state index in [1.807, 2.05) is 7.05 Å². The van der Waals surface area contributed by atoms with Gasteiger partial charge in [-0.05, 0) is 24.7 Å². The molecule has 1 aliphatic carbocycles. The maximum absolute atomic E-state index is 11.9. The number of hydrogen-bond acceptors (Lipinski definition) is 5. The molecule has 1 amide bonds. The molecule has 0 N–H and O–H groups in total. The van der Waals surface area contributed by atoms with Gasteiger partial charge >= 0.3 is 0 Å². The van der Waals surface area contributed by atoms with Gasteiger partial charge in [-0.15, -0.1) is 0 Å². The Morgan fingerprint density at radius 1 is 1.05 bits per heavy atom. The molecule has 2 atom stereocenters. The molecule has 118 valence electrons. The first-order valence-electron chi connectivity index (χ1n) is 8.26. The van der Waals surface area contributed by atoms with Crippen LogP contribution in [-0.4, -0.2) is 60.5 Å². The van der Waals surface area contributed by atoms with Crippen molar-refractivity contribution in [1.29, 1.82) is 0 Å². The van der Waals surface area contributed by atoms with E-state index in [2.05, 4.69) is 25.8 Å². The lowest BCUT2D eigenvalue weighted by atomic mass is 10.0. The largest absolute Gasteiger partial charge is 0.356 e. The van der Waals surface area contributed by atoms with Gasteiger partial charge in [0.2, 0.25) is 5.91 Å². The number of carbonyl (C=O) groups excluding carboxylic acids is 1. The Bertz CT molecular complexity index is 565. The number of anilines is 2. The molecule has 1 saturated carbocycles. The lowest BCUT2D eigenvalue weighted by molar-refractivity contribution is -0.129. The van der Waals surface area contributed by atoms with E-state index in [-0.39, 0.29) is 5.91 Å². The lowest BCUT2D eigenvalue weighted by Gasteiger charge is -2.33. The average molecular weight is 301 g/mol. The van der Waals surface area contributed by atoms with Crippen LogP contribution in [0.2, 0.25) is 0 Å². The van der Waals surface area contributed by atoms with Gasteiger partial charge in [0.05, 0.1) is 6.54 Å². The Balaban J connectivity index is 1.50. The molecule has 1 aromatic rings. The van der Waals surface area contributed by atoms with Crippen molar-refractivity contribution in [2.75, 3.05) is 49.6 Å². The molecule has 0 aromatic carbocycles. The van der Waals surface area contributed by atoms with E-state index in [0.29, 0.717) is 6.54 Å². The predicted molar refractivity (Wildman–Crippen MR) is 84.9 cm³/mol. The molecule has 2 saturated heterocycles. The van der Waals surface area contributed by atoms with Crippen molar-refractivity contribution in [2.24, 2.45) is 11.8 Å². The molecular weight excluding hydrogens is 278 g/mol. The molecule has 4 rings (SSSR count). The molecule has 1 aromatic heterocycles. The summed E-state index contributed by atoms with van der Waals surface area (Å²) in [6.07, 6.45) is 5.77. The Hall–Kier alpha value is -1.85. The Morgan fingerprint density at radius 3 is 2.41 bits per heavy atom. The van der Waals surface area contributed by atoms with Crippen LogP contribution in [0.15, 0.2) is 12.4 Å². The first-order chi connectivity index (χ1) is 10.7. The smallest absolute Gasteiger partial charge is 0.241 e. The van der Waals surface area contributed by atoms with E-state index >= 15 is 0 Å².